The largest absolute Gasteiger partial charge is 0.477 e. The summed E-state index contributed by atoms with van der Waals surface area (Å²) < 4.78 is 34.9. The van der Waals surface area contributed by atoms with Crippen LogP contribution in [0.4, 0.5) is 0 Å². The van der Waals surface area contributed by atoms with Gasteiger partial charge in [0.05, 0.1) is 50.7 Å². The summed E-state index contributed by atoms with van der Waals surface area (Å²) in [6.45, 7) is 2.19. The Morgan fingerprint density at radius 1 is 0.505 bits per heavy atom. The fourth-order valence-corrected chi connectivity index (χ4v) is 14.4. The maximum atomic E-state index is 13.6. The Bertz CT molecular complexity index is 2230. The van der Waals surface area contributed by atoms with Gasteiger partial charge in [0.1, 0.15) is 67.1 Å². The Balaban J connectivity index is 1.50. The number of aliphatic hydroxyl groups excluding tert-OH is 11. The zero-order valence-corrected chi connectivity index (χ0v) is 65.1. The van der Waals surface area contributed by atoms with Crippen LogP contribution >= 0.6 is 0 Å². The number of ether oxygens (including phenoxy) is 6. The fourth-order valence-electron chi connectivity index (χ4n) is 14.4. The van der Waals surface area contributed by atoms with Gasteiger partial charge in [0.15, 0.2) is 12.6 Å². The maximum absolute atomic E-state index is 13.6. The Labute approximate surface area is 631 Å². The van der Waals surface area contributed by atoms with Crippen molar-refractivity contribution in [3.63, 3.8) is 0 Å². The molecule has 0 bridgehead atoms. The highest BCUT2D eigenvalue weighted by molar-refractivity contribution is 5.77. The van der Waals surface area contributed by atoms with E-state index in [2.05, 4.69) is 48.8 Å². The van der Waals surface area contributed by atoms with E-state index in [1.54, 1.807) is 6.08 Å². The second kappa shape index (κ2) is 60.6. The van der Waals surface area contributed by atoms with Crippen LogP contribution in [0.5, 0.6) is 0 Å². The molecule has 3 rings (SSSR count). The van der Waals surface area contributed by atoms with Crippen LogP contribution in [0.2, 0.25) is 0 Å². The summed E-state index contributed by atoms with van der Waals surface area (Å²) in [5.74, 6) is -6.14. The number of carboxylic acid groups (broad SMARTS) is 1. The van der Waals surface area contributed by atoms with Gasteiger partial charge < -0.3 is 100 Å². The molecule has 0 aromatic carbocycles. The van der Waals surface area contributed by atoms with Crippen molar-refractivity contribution >= 4 is 17.8 Å². The number of hydrogen-bond donors (Lipinski definition) is 14. The first kappa shape index (κ1) is 96.2. The molecule has 3 saturated heterocycles. The lowest BCUT2D eigenvalue weighted by Crippen LogP contribution is -2.70. The molecule has 0 radical (unpaired) electrons. The molecule has 3 heterocycles. The Morgan fingerprint density at radius 2 is 0.924 bits per heavy atom. The third-order valence-electron chi connectivity index (χ3n) is 21.1. The van der Waals surface area contributed by atoms with Crippen LogP contribution in [0.15, 0.2) is 36.5 Å². The number of hydrogen-bond acceptors (Lipinski definition) is 20. The normalized spacial score (nSPS) is 26.4. The summed E-state index contributed by atoms with van der Waals surface area (Å²) >= 11 is 0. The number of unbranched alkanes of at least 4 members (excludes halogenated alkanes) is 42. The average Bonchev–Trinajstić information content (AvgIpc) is 0.753. The minimum atomic E-state index is -3.08. The topological polar surface area (TPSA) is 373 Å². The second-order valence-corrected chi connectivity index (χ2v) is 30.3. The van der Waals surface area contributed by atoms with E-state index in [1.165, 1.54) is 225 Å². The van der Waals surface area contributed by atoms with E-state index in [-0.39, 0.29) is 12.3 Å². The lowest BCUT2D eigenvalue weighted by Gasteiger charge is -2.50. The van der Waals surface area contributed by atoms with Crippen molar-refractivity contribution in [2.24, 2.45) is 0 Å². The Hall–Kier alpha value is -3.05. The summed E-state index contributed by atoms with van der Waals surface area (Å²) in [7, 11) is 0. The van der Waals surface area contributed by atoms with Gasteiger partial charge in [0.25, 0.3) is 5.79 Å². The molecular formula is C82H150N2O21. The van der Waals surface area contributed by atoms with Crippen LogP contribution < -0.4 is 10.6 Å². The third kappa shape index (κ3) is 40.6. The highest BCUT2D eigenvalue weighted by Crippen LogP contribution is 2.39. The summed E-state index contributed by atoms with van der Waals surface area (Å²) in [6, 6.07) is -2.62. The number of carbonyl (C=O) groups is 3. The van der Waals surface area contributed by atoms with E-state index < -0.39 is 155 Å². The molecule has 0 aromatic heterocycles. The number of carboxylic acids is 1. The van der Waals surface area contributed by atoms with E-state index in [0.717, 1.165) is 64.7 Å². The summed E-state index contributed by atoms with van der Waals surface area (Å²) in [5, 5.41) is 136. The van der Waals surface area contributed by atoms with Crippen molar-refractivity contribution in [1.82, 2.24) is 10.6 Å². The molecule has 18 unspecified atom stereocenters. The molecule has 3 aliphatic heterocycles. The van der Waals surface area contributed by atoms with Gasteiger partial charge in [-0.05, 0) is 51.4 Å². The molecule has 0 aliphatic carbocycles. The number of carbonyl (C=O) groups excluding carboxylic acids is 2. The van der Waals surface area contributed by atoms with Crippen molar-refractivity contribution in [3.05, 3.63) is 36.5 Å². The second-order valence-electron chi connectivity index (χ2n) is 30.3. The smallest absolute Gasteiger partial charge is 0.364 e. The fraction of sp³-hybridized carbons (Fsp3) is 0.890. The maximum Gasteiger partial charge on any atom is 0.364 e. The van der Waals surface area contributed by atoms with E-state index in [1.807, 2.05) is 6.08 Å². The first-order valence-electron chi connectivity index (χ1n) is 41.9. The van der Waals surface area contributed by atoms with Crippen molar-refractivity contribution in [1.29, 1.82) is 0 Å². The zero-order chi connectivity index (χ0) is 76.7. The van der Waals surface area contributed by atoms with Crippen LogP contribution in [-0.4, -0.2) is 215 Å². The SMILES string of the molecule is CCCCCCCCCCC/C=C\C/C=C\CCCCCCCCCCCCCCCC(=O)NC(COC1OC(CO)C(OC2OC(CO)C(O)C(OC3(C(=O)O)CC(O)C(NC(C)=O)C(C(O)C(O)CO)O3)C2O)C(O)C1O)C(O)/C=C/CCCCCCCCCCCCCCCCCCCCCC. The van der Waals surface area contributed by atoms with Gasteiger partial charge in [0, 0.05) is 19.8 Å². The van der Waals surface area contributed by atoms with Crippen LogP contribution in [0, 0.1) is 0 Å². The highest BCUT2D eigenvalue weighted by Gasteiger charge is 2.60. The van der Waals surface area contributed by atoms with Gasteiger partial charge >= 0.3 is 5.97 Å². The molecule has 3 fully saturated rings. The molecule has 614 valence electrons. The lowest BCUT2D eigenvalue weighted by molar-refractivity contribution is -0.386. The minimum absolute atomic E-state index is 0.200. The quantitative estimate of drug-likeness (QED) is 0.0199. The molecule has 105 heavy (non-hydrogen) atoms. The van der Waals surface area contributed by atoms with E-state index in [9.17, 15) is 75.7 Å². The van der Waals surface area contributed by atoms with Crippen molar-refractivity contribution < 1.29 is 104 Å². The Kier molecular flexibility index (Phi) is 55.5. The third-order valence-corrected chi connectivity index (χ3v) is 21.1. The number of rotatable bonds is 66. The van der Waals surface area contributed by atoms with Crippen molar-refractivity contribution in [3.8, 4) is 0 Å². The molecule has 0 aromatic rings. The van der Waals surface area contributed by atoms with Crippen molar-refractivity contribution in [2.75, 3.05) is 26.4 Å². The van der Waals surface area contributed by atoms with Crippen LogP contribution in [0.1, 0.15) is 329 Å². The van der Waals surface area contributed by atoms with Crippen molar-refractivity contribution in [2.45, 2.75) is 439 Å². The van der Waals surface area contributed by atoms with Gasteiger partial charge in [0.2, 0.25) is 11.8 Å². The van der Waals surface area contributed by atoms with Crippen LogP contribution in [0.25, 0.3) is 0 Å². The minimum Gasteiger partial charge on any atom is -0.477 e. The number of allylic oxidation sites excluding steroid dienone is 5. The standard InChI is InChI=1S/C82H150N2O21/c1-4-6-8-10-12-14-16-18-20-22-24-26-28-29-30-31-32-33-34-36-38-40-42-44-46-48-50-52-54-56-69(92)84-63(64(89)55-53-51-49-47-45-43-41-39-37-35-27-25-23-21-19-17-15-13-11-9-7-5-2)61-100-79-74(96)73(95)76(68(60-87)102-79)103-80-75(97)78(72(94)67(59-86)101-80)105-82(81(98)99)57-65(90)70(83-62(3)88)77(104-82)71(93)66(91)58-85/h24,26,29-30,53,55,63-68,70-80,85-87,89-91,93-97H,4-23,25,27-28,31-52,54,56-61H2,1-3H3,(H,83,88)(H,84,92)(H,98,99)/b26-24-,30-29-,55-53+. The molecule has 0 saturated carbocycles. The first-order chi connectivity index (χ1) is 50.9. The molecule has 23 nitrogen and oxygen atoms in total. The molecule has 2 amide bonds. The number of amides is 2. The van der Waals surface area contributed by atoms with Crippen LogP contribution in [0.3, 0.4) is 0 Å². The molecule has 0 spiro atoms. The van der Waals surface area contributed by atoms with Gasteiger partial charge in [-0.1, -0.05) is 294 Å². The number of nitrogens with one attached hydrogen (secondary N) is 2. The molecule has 3 aliphatic rings. The van der Waals surface area contributed by atoms with E-state index >= 15 is 0 Å². The molecule has 18 atom stereocenters. The molecule has 23 heteroatoms. The lowest BCUT2D eigenvalue weighted by atomic mass is 9.88. The average molecular weight is 1500 g/mol. The summed E-state index contributed by atoms with van der Waals surface area (Å²) in [5.41, 5.74) is 0. The van der Waals surface area contributed by atoms with Gasteiger partial charge in [-0.2, -0.15) is 0 Å². The number of aliphatic carboxylic acids is 1. The summed E-state index contributed by atoms with van der Waals surface area (Å²) in [4.78, 5) is 38.7. The predicted octanol–water partition coefficient (Wildman–Crippen LogP) is 11.7. The predicted molar refractivity (Wildman–Crippen MR) is 407 cm³/mol. The monoisotopic (exact) mass is 1500 g/mol. The van der Waals surface area contributed by atoms with Gasteiger partial charge in [-0.3, -0.25) is 9.59 Å². The molecule has 14 N–H and O–H groups in total. The van der Waals surface area contributed by atoms with E-state index in [0.29, 0.717) is 12.8 Å². The van der Waals surface area contributed by atoms with Gasteiger partial charge in [-0.25, -0.2) is 4.79 Å². The summed E-state index contributed by atoms with van der Waals surface area (Å²) in [6.07, 6.45) is 40.3. The number of aliphatic hydroxyl groups is 11. The Morgan fingerprint density at radius 3 is 1.34 bits per heavy atom. The first-order valence-corrected chi connectivity index (χ1v) is 41.9. The highest BCUT2D eigenvalue weighted by atomic mass is 16.8. The zero-order valence-electron chi connectivity index (χ0n) is 65.1. The molecular weight excluding hydrogens is 1350 g/mol. The van der Waals surface area contributed by atoms with E-state index in [4.69, 9.17) is 28.4 Å². The van der Waals surface area contributed by atoms with Crippen LogP contribution in [-0.2, 0) is 42.8 Å². The van der Waals surface area contributed by atoms with Gasteiger partial charge in [-0.15, -0.1) is 0 Å².